The highest BCUT2D eigenvalue weighted by atomic mass is 16.1. The molecule has 0 aliphatic rings. The number of aryl methyl sites for hydroxylation is 2. The quantitative estimate of drug-likeness (QED) is 0.803. The molecule has 0 saturated carbocycles. The second kappa shape index (κ2) is 5.53. The van der Waals surface area contributed by atoms with Gasteiger partial charge in [-0.3, -0.25) is 4.79 Å². The molecule has 4 heteroatoms. The first kappa shape index (κ1) is 11.8. The number of nitrogens with one attached hydrogen (secondary N) is 1. The predicted molar refractivity (Wildman–Crippen MR) is 59.9 cm³/mol. The fourth-order valence-corrected chi connectivity index (χ4v) is 1.41. The third-order valence-electron chi connectivity index (χ3n) is 2.21. The normalized spacial score (nSPS) is 10.3. The molecule has 15 heavy (non-hydrogen) atoms. The van der Waals surface area contributed by atoms with Gasteiger partial charge in [-0.05, 0) is 19.8 Å². The molecule has 84 valence electrons. The first-order chi connectivity index (χ1) is 7.19. The summed E-state index contributed by atoms with van der Waals surface area (Å²) in [4.78, 5) is 15.8. The van der Waals surface area contributed by atoms with Crippen LogP contribution in [0, 0.1) is 6.92 Å². The summed E-state index contributed by atoms with van der Waals surface area (Å²) in [6.45, 7) is 7.68. The molecule has 0 bridgehead atoms. The number of aromatic nitrogens is 2. The topological polar surface area (TPSA) is 46.9 Å². The molecule has 0 aromatic carbocycles. The lowest BCUT2D eigenvalue weighted by Crippen LogP contribution is -2.24. The van der Waals surface area contributed by atoms with E-state index in [1.54, 1.807) is 0 Å². The average molecular weight is 209 g/mol. The molecule has 1 N–H and O–H groups in total. The molecule has 0 aliphatic heterocycles. The molecule has 1 aromatic heterocycles. The highest BCUT2D eigenvalue weighted by Crippen LogP contribution is 2.03. The number of imidazole rings is 1. The van der Waals surface area contributed by atoms with E-state index in [4.69, 9.17) is 0 Å². The molecular formula is C11H19N3O. The highest BCUT2D eigenvalue weighted by molar-refractivity contribution is 5.92. The van der Waals surface area contributed by atoms with Crippen LogP contribution in [0.4, 0.5) is 0 Å². The minimum absolute atomic E-state index is 0.0743. The van der Waals surface area contributed by atoms with Crippen LogP contribution in [0.1, 0.15) is 43.0 Å². The van der Waals surface area contributed by atoms with Gasteiger partial charge in [0.2, 0.25) is 0 Å². The smallest absolute Gasteiger partial charge is 0.271 e. The maximum absolute atomic E-state index is 11.6. The number of amides is 1. The summed E-state index contributed by atoms with van der Waals surface area (Å²) in [5.41, 5.74) is 0.523. The lowest BCUT2D eigenvalue weighted by Gasteiger charge is -2.00. The molecule has 0 saturated heterocycles. The first-order valence-corrected chi connectivity index (χ1v) is 5.51. The van der Waals surface area contributed by atoms with Crippen LogP contribution in [0.25, 0.3) is 0 Å². The summed E-state index contributed by atoms with van der Waals surface area (Å²) in [5, 5.41) is 2.82. The number of rotatable bonds is 5. The fraction of sp³-hybridized carbons (Fsp3) is 0.636. The third-order valence-corrected chi connectivity index (χ3v) is 2.21. The molecule has 1 amide bonds. The zero-order valence-electron chi connectivity index (χ0n) is 9.71. The summed E-state index contributed by atoms with van der Waals surface area (Å²) in [6, 6.07) is 0. The van der Waals surface area contributed by atoms with E-state index in [9.17, 15) is 4.79 Å². The van der Waals surface area contributed by atoms with E-state index in [1.807, 2.05) is 24.6 Å². The maximum Gasteiger partial charge on any atom is 0.271 e. The number of hydrogen-bond acceptors (Lipinski definition) is 2. The van der Waals surface area contributed by atoms with Crippen molar-refractivity contribution in [1.29, 1.82) is 0 Å². The monoisotopic (exact) mass is 209 g/mol. The van der Waals surface area contributed by atoms with Crippen LogP contribution in [-0.2, 0) is 6.54 Å². The Balaban J connectivity index is 2.69. The Labute approximate surface area is 90.7 Å². The summed E-state index contributed by atoms with van der Waals surface area (Å²) < 4.78 is 2.01. The van der Waals surface area contributed by atoms with Crippen LogP contribution in [0.2, 0.25) is 0 Å². The average Bonchev–Trinajstić information content (AvgIpc) is 2.58. The van der Waals surface area contributed by atoms with Crippen molar-refractivity contribution < 1.29 is 4.79 Å². The van der Waals surface area contributed by atoms with Crippen LogP contribution in [0.5, 0.6) is 0 Å². The Hall–Kier alpha value is -1.32. The van der Waals surface area contributed by atoms with Gasteiger partial charge in [-0.25, -0.2) is 4.98 Å². The second-order valence-corrected chi connectivity index (χ2v) is 3.62. The van der Waals surface area contributed by atoms with E-state index in [1.165, 1.54) is 0 Å². The zero-order chi connectivity index (χ0) is 11.3. The zero-order valence-corrected chi connectivity index (χ0v) is 9.71. The van der Waals surface area contributed by atoms with E-state index in [2.05, 4.69) is 17.2 Å². The van der Waals surface area contributed by atoms with Crippen molar-refractivity contribution in [2.24, 2.45) is 0 Å². The van der Waals surface area contributed by atoms with Crippen molar-refractivity contribution in [2.75, 3.05) is 6.54 Å². The molecule has 0 atom stereocenters. The van der Waals surface area contributed by atoms with E-state index in [0.29, 0.717) is 12.2 Å². The molecule has 1 heterocycles. The summed E-state index contributed by atoms with van der Waals surface area (Å²) in [7, 11) is 0. The molecule has 1 rings (SSSR count). The van der Waals surface area contributed by atoms with Crippen molar-refractivity contribution in [2.45, 2.75) is 40.2 Å². The Morgan fingerprint density at radius 1 is 1.47 bits per heavy atom. The first-order valence-electron chi connectivity index (χ1n) is 5.51. The molecule has 0 aliphatic carbocycles. The molecule has 0 unspecified atom stereocenters. The Morgan fingerprint density at radius 3 is 2.80 bits per heavy atom. The van der Waals surface area contributed by atoms with Crippen molar-refractivity contribution in [3.8, 4) is 0 Å². The van der Waals surface area contributed by atoms with E-state index in [-0.39, 0.29) is 5.91 Å². The van der Waals surface area contributed by atoms with Gasteiger partial charge < -0.3 is 9.88 Å². The Kier molecular flexibility index (Phi) is 4.34. The van der Waals surface area contributed by atoms with Crippen molar-refractivity contribution >= 4 is 5.91 Å². The number of carbonyl (C=O) groups is 1. The van der Waals surface area contributed by atoms with Gasteiger partial charge in [-0.1, -0.05) is 13.8 Å². The fourth-order valence-electron chi connectivity index (χ4n) is 1.41. The number of carbonyl (C=O) groups excluding carboxylic acids is 1. The number of hydrogen-bond donors (Lipinski definition) is 1. The van der Waals surface area contributed by atoms with Gasteiger partial charge in [-0.2, -0.15) is 0 Å². The van der Waals surface area contributed by atoms with Gasteiger partial charge in [0.25, 0.3) is 5.91 Å². The van der Waals surface area contributed by atoms with Crippen LogP contribution >= 0.6 is 0 Å². The second-order valence-electron chi connectivity index (χ2n) is 3.62. The lowest BCUT2D eigenvalue weighted by molar-refractivity contribution is 0.0949. The van der Waals surface area contributed by atoms with Gasteiger partial charge in [0.05, 0.1) is 0 Å². The van der Waals surface area contributed by atoms with Gasteiger partial charge in [-0.15, -0.1) is 0 Å². The van der Waals surface area contributed by atoms with E-state index >= 15 is 0 Å². The van der Waals surface area contributed by atoms with Gasteiger partial charge in [0.15, 0.2) is 0 Å². The maximum atomic E-state index is 11.6. The summed E-state index contributed by atoms with van der Waals surface area (Å²) in [6.07, 6.45) is 3.82. The third kappa shape index (κ3) is 3.08. The van der Waals surface area contributed by atoms with E-state index in [0.717, 1.165) is 25.2 Å². The van der Waals surface area contributed by atoms with Gasteiger partial charge >= 0.3 is 0 Å². The number of nitrogens with zero attached hydrogens (tertiary/aromatic N) is 2. The van der Waals surface area contributed by atoms with Crippen LogP contribution in [0.3, 0.4) is 0 Å². The van der Waals surface area contributed by atoms with Crippen molar-refractivity contribution in [1.82, 2.24) is 14.9 Å². The highest BCUT2D eigenvalue weighted by Gasteiger charge is 2.10. The molecule has 0 fully saturated rings. The minimum Gasteiger partial charge on any atom is -0.351 e. The molecule has 1 aromatic rings. The van der Waals surface area contributed by atoms with Crippen LogP contribution < -0.4 is 5.32 Å². The Morgan fingerprint density at radius 2 is 2.20 bits per heavy atom. The van der Waals surface area contributed by atoms with Crippen LogP contribution in [0.15, 0.2) is 6.20 Å². The molecule has 4 nitrogen and oxygen atoms in total. The van der Waals surface area contributed by atoms with Gasteiger partial charge in [0, 0.05) is 19.3 Å². The van der Waals surface area contributed by atoms with E-state index < -0.39 is 0 Å². The lowest BCUT2D eigenvalue weighted by atomic mass is 10.4. The SMILES string of the molecule is CCCNC(=O)c1cn(CCC)c(C)n1. The predicted octanol–water partition coefficient (Wildman–Crippen LogP) is 1.74. The van der Waals surface area contributed by atoms with Crippen LogP contribution in [-0.4, -0.2) is 22.0 Å². The molecule has 0 radical (unpaired) electrons. The molecular weight excluding hydrogens is 190 g/mol. The Bertz CT molecular complexity index is 331. The largest absolute Gasteiger partial charge is 0.351 e. The van der Waals surface area contributed by atoms with Gasteiger partial charge in [0.1, 0.15) is 11.5 Å². The summed E-state index contributed by atoms with van der Waals surface area (Å²) >= 11 is 0. The standard InChI is InChI=1S/C11H19N3O/c1-4-6-12-11(15)10-8-14(7-5-2)9(3)13-10/h8H,4-7H2,1-3H3,(H,12,15). The summed E-state index contributed by atoms with van der Waals surface area (Å²) in [5.74, 6) is 0.827. The van der Waals surface area contributed by atoms with Crippen molar-refractivity contribution in [3.63, 3.8) is 0 Å². The minimum atomic E-state index is -0.0743. The van der Waals surface area contributed by atoms with Crippen molar-refractivity contribution in [3.05, 3.63) is 17.7 Å². The molecule has 0 spiro atoms.